The second-order valence-electron chi connectivity index (χ2n) is 5.15. The quantitative estimate of drug-likeness (QED) is 0.730. The number of ether oxygens (including phenoxy) is 4. The Bertz CT molecular complexity index is 774. The van der Waals surface area contributed by atoms with E-state index in [2.05, 4.69) is 5.32 Å². The predicted octanol–water partition coefficient (Wildman–Crippen LogP) is 2.90. The van der Waals surface area contributed by atoms with Gasteiger partial charge in [0.05, 0.1) is 26.4 Å². The minimum absolute atomic E-state index is 0.208. The lowest BCUT2D eigenvalue weighted by molar-refractivity contribution is -0.118. The molecule has 0 radical (unpaired) electrons. The van der Waals surface area contributed by atoms with Crippen molar-refractivity contribution in [2.24, 2.45) is 0 Å². The van der Waals surface area contributed by atoms with Crippen LogP contribution in [0.3, 0.4) is 0 Å². The summed E-state index contributed by atoms with van der Waals surface area (Å²) in [6.07, 6.45) is 0. The summed E-state index contributed by atoms with van der Waals surface area (Å²) in [6, 6.07) is 11.5. The van der Waals surface area contributed by atoms with Gasteiger partial charge in [0.25, 0.3) is 5.91 Å². The number of nitrogens with one attached hydrogen (secondary N) is 1. The summed E-state index contributed by atoms with van der Waals surface area (Å²) in [7, 11) is 3.05. The molecule has 0 aliphatic heterocycles. The molecule has 138 valence electrons. The number of carbonyl (C=O) groups is 2. The average molecular weight is 359 g/mol. The van der Waals surface area contributed by atoms with Crippen molar-refractivity contribution in [2.45, 2.75) is 6.92 Å². The van der Waals surface area contributed by atoms with Gasteiger partial charge in [-0.3, -0.25) is 4.79 Å². The minimum atomic E-state index is -0.437. The topological polar surface area (TPSA) is 83.1 Å². The maximum absolute atomic E-state index is 12.1. The lowest BCUT2D eigenvalue weighted by Crippen LogP contribution is -2.20. The third kappa shape index (κ3) is 5.14. The van der Waals surface area contributed by atoms with Gasteiger partial charge in [-0.05, 0) is 37.3 Å². The van der Waals surface area contributed by atoms with Gasteiger partial charge in [-0.25, -0.2) is 4.79 Å². The second-order valence-corrected chi connectivity index (χ2v) is 5.15. The molecular weight excluding hydrogens is 338 g/mol. The maximum atomic E-state index is 12.1. The third-order valence-electron chi connectivity index (χ3n) is 3.38. The molecule has 0 heterocycles. The summed E-state index contributed by atoms with van der Waals surface area (Å²) in [5.41, 5.74) is 0.918. The Morgan fingerprint density at radius 3 is 2.46 bits per heavy atom. The van der Waals surface area contributed by atoms with Crippen molar-refractivity contribution in [3.05, 3.63) is 48.0 Å². The molecule has 1 amide bonds. The van der Waals surface area contributed by atoms with Crippen LogP contribution in [0.25, 0.3) is 0 Å². The highest BCUT2D eigenvalue weighted by Crippen LogP contribution is 2.29. The lowest BCUT2D eigenvalue weighted by Gasteiger charge is -2.11. The molecule has 0 saturated heterocycles. The van der Waals surface area contributed by atoms with Crippen LogP contribution < -0.4 is 19.5 Å². The number of esters is 1. The van der Waals surface area contributed by atoms with Gasteiger partial charge in [-0.1, -0.05) is 6.07 Å². The van der Waals surface area contributed by atoms with E-state index in [9.17, 15) is 9.59 Å². The van der Waals surface area contributed by atoms with Crippen molar-refractivity contribution >= 4 is 17.6 Å². The first kappa shape index (κ1) is 19.1. The highest BCUT2D eigenvalue weighted by Gasteiger charge is 2.10. The molecule has 0 spiro atoms. The van der Waals surface area contributed by atoms with Crippen LogP contribution in [0.2, 0.25) is 0 Å². The molecule has 0 atom stereocenters. The molecule has 7 nitrogen and oxygen atoms in total. The number of amides is 1. The molecule has 0 aromatic heterocycles. The van der Waals surface area contributed by atoms with Crippen LogP contribution in [0, 0.1) is 0 Å². The van der Waals surface area contributed by atoms with E-state index < -0.39 is 5.97 Å². The minimum Gasteiger partial charge on any atom is -0.493 e. The lowest BCUT2D eigenvalue weighted by atomic mass is 10.2. The molecule has 0 aliphatic carbocycles. The van der Waals surface area contributed by atoms with E-state index in [1.165, 1.54) is 20.3 Å². The summed E-state index contributed by atoms with van der Waals surface area (Å²) in [4.78, 5) is 23.8. The summed E-state index contributed by atoms with van der Waals surface area (Å²) < 4.78 is 20.7. The first-order valence-corrected chi connectivity index (χ1v) is 7.99. The molecule has 0 saturated carbocycles. The van der Waals surface area contributed by atoms with Gasteiger partial charge < -0.3 is 24.3 Å². The zero-order valence-electron chi connectivity index (χ0n) is 14.9. The number of carbonyl (C=O) groups excluding carboxylic acids is 2. The Balaban J connectivity index is 1.95. The van der Waals surface area contributed by atoms with Crippen molar-refractivity contribution in [2.75, 3.05) is 32.8 Å². The molecule has 0 unspecified atom stereocenters. The van der Waals surface area contributed by atoms with Crippen LogP contribution in [0.4, 0.5) is 5.69 Å². The van der Waals surface area contributed by atoms with Crippen LogP contribution >= 0.6 is 0 Å². The molecule has 2 aromatic carbocycles. The van der Waals surface area contributed by atoms with Crippen LogP contribution in [-0.4, -0.2) is 39.3 Å². The smallest absolute Gasteiger partial charge is 0.338 e. The molecule has 2 rings (SSSR count). The number of hydrogen-bond acceptors (Lipinski definition) is 6. The fourth-order valence-corrected chi connectivity index (χ4v) is 2.19. The normalized spacial score (nSPS) is 9.96. The van der Waals surface area contributed by atoms with Crippen LogP contribution in [0.15, 0.2) is 42.5 Å². The fourth-order valence-electron chi connectivity index (χ4n) is 2.19. The van der Waals surface area contributed by atoms with Crippen LogP contribution in [-0.2, 0) is 9.53 Å². The zero-order chi connectivity index (χ0) is 18.9. The van der Waals surface area contributed by atoms with E-state index in [1.54, 1.807) is 43.3 Å². The molecule has 2 aromatic rings. The van der Waals surface area contributed by atoms with Gasteiger partial charge >= 0.3 is 5.97 Å². The highest BCUT2D eigenvalue weighted by atomic mass is 16.5. The molecule has 26 heavy (non-hydrogen) atoms. The number of methoxy groups -OCH3 is 2. The summed E-state index contributed by atoms with van der Waals surface area (Å²) in [5.74, 6) is 0.690. The van der Waals surface area contributed by atoms with Crippen molar-refractivity contribution in [3.63, 3.8) is 0 Å². The number of benzene rings is 2. The molecular formula is C19H21NO6. The van der Waals surface area contributed by atoms with Gasteiger partial charge in [-0.15, -0.1) is 0 Å². The SMILES string of the molecule is CCOC(=O)c1cccc(OCC(=O)Nc2ccc(OC)c(OC)c2)c1. The predicted molar refractivity (Wildman–Crippen MR) is 96.1 cm³/mol. The molecule has 0 aliphatic rings. The van der Waals surface area contributed by atoms with Crippen LogP contribution in [0.1, 0.15) is 17.3 Å². The Kier molecular flexibility index (Phi) is 6.84. The summed E-state index contributed by atoms with van der Waals surface area (Å²) in [5, 5.41) is 2.70. The molecule has 0 bridgehead atoms. The Morgan fingerprint density at radius 1 is 1.00 bits per heavy atom. The first-order valence-electron chi connectivity index (χ1n) is 7.99. The van der Waals surface area contributed by atoms with Crippen molar-refractivity contribution < 1.29 is 28.5 Å². The monoisotopic (exact) mass is 359 g/mol. The third-order valence-corrected chi connectivity index (χ3v) is 3.38. The maximum Gasteiger partial charge on any atom is 0.338 e. The van der Waals surface area contributed by atoms with Crippen molar-refractivity contribution in [1.82, 2.24) is 0 Å². The Morgan fingerprint density at radius 2 is 1.77 bits per heavy atom. The van der Waals surface area contributed by atoms with Crippen molar-refractivity contribution in [3.8, 4) is 17.2 Å². The van der Waals surface area contributed by atoms with Gasteiger partial charge in [-0.2, -0.15) is 0 Å². The van der Waals surface area contributed by atoms with Crippen LogP contribution in [0.5, 0.6) is 17.2 Å². The largest absolute Gasteiger partial charge is 0.493 e. The zero-order valence-corrected chi connectivity index (χ0v) is 14.9. The number of rotatable bonds is 8. The van der Waals surface area contributed by atoms with Crippen molar-refractivity contribution in [1.29, 1.82) is 0 Å². The van der Waals surface area contributed by atoms with Gasteiger partial charge in [0.15, 0.2) is 18.1 Å². The number of hydrogen-bond donors (Lipinski definition) is 1. The van der Waals surface area contributed by atoms with E-state index in [-0.39, 0.29) is 19.1 Å². The molecule has 7 heteroatoms. The molecule has 0 fully saturated rings. The average Bonchev–Trinajstić information content (AvgIpc) is 2.66. The van der Waals surface area contributed by atoms with E-state index in [0.29, 0.717) is 28.5 Å². The van der Waals surface area contributed by atoms with E-state index in [4.69, 9.17) is 18.9 Å². The van der Waals surface area contributed by atoms with E-state index >= 15 is 0 Å². The highest BCUT2D eigenvalue weighted by molar-refractivity contribution is 5.92. The molecule has 1 N–H and O–H groups in total. The van der Waals surface area contributed by atoms with E-state index in [0.717, 1.165) is 0 Å². The summed E-state index contributed by atoms with van der Waals surface area (Å²) in [6.45, 7) is 1.81. The standard InChI is InChI=1S/C19H21NO6/c1-4-25-19(22)13-6-5-7-15(10-13)26-12-18(21)20-14-8-9-16(23-2)17(11-14)24-3/h5-11H,4,12H2,1-3H3,(H,20,21). The van der Waals surface area contributed by atoms with Gasteiger partial charge in [0, 0.05) is 11.8 Å². The first-order chi connectivity index (χ1) is 12.6. The Hall–Kier alpha value is -3.22. The van der Waals surface area contributed by atoms with Gasteiger partial charge in [0.2, 0.25) is 0 Å². The second kappa shape index (κ2) is 9.31. The number of anilines is 1. The van der Waals surface area contributed by atoms with Gasteiger partial charge in [0.1, 0.15) is 5.75 Å². The fraction of sp³-hybridized carbons (Fsp3) is 0.263. The Labute approximate surface area is 151 Å². The van der Waals surface area contributed by atoms with E-state index in [1.807, 2.05) is 0 Å². The summed E-state index contributed by atoms with van der Waals surface area (Å²) >= 11 is 0.